The monoisotopic (exact) mass is 392 g/mol. The SMILES string of the molecule is FC/C=C/CCC1CCC(C2CCC(CCc3ccc(F)c(F)c3)CC2)CC1. The molecule has 2 aliphatic rings. The fourth-order valence-corrected chi connectivity index (χ4v) is 5.48. The molecular weight excluding hydrogens is 357 g/mol. The number of rotatable bonds is 8. The predicted molar refractivity (Wildman–Crippen MR) is 110 cm³/mol. The Morgan fingerprint density at radius 3 is 1.93 bits per heavy atom. The van der Waals surface area contributed by atoms with Crippen LogP contribution in [0.1, 0.15) is 76.2 Å². The Hall–Kier alpha value is -1.25. The van der Waals surface area contributed by atoms with Crippen molar-refractivity contribution in [1.82, 2.24) is 0 Å². The summed E-state index contributed by atoms with van der Waals surface area (Å²) in [4.78, 5) is 0. The molecule has 0 saturated heterocycles. The molecule has 0 spiro atoms. The quantitative estimate of drug-likeness (QED) is 0.396. The fourth-order valence-electron chi connectivity index (χ4n) is 5.48. The van der Waals surface area contributed by atoms with Crippen LogP contribution in [-0.2, 0) is 6.42 Å². The van der Waals surface area contributed by atoms with Gasteiger partial charge in [0.1, 0.15) is 6.67 Å². The molecule has 1 aromatic carbocycles. The average Bonchev–Trinajstić information content (AvgIpc) is 2.73. The van der Waals surface area contributed by atoms with Crippen LogP contribution in [0.5, 0.6) is 0 Å². The van der Waals surface area contributed by atoms with E-state index in [0.717, 1.165) is 48.5 Å². The summed E-state index contributed by atoms with van der Waals surface area (Å²) in [6, 6.07) is 4.32. The summed E-state index contributed by atoms with van der Waals surface area (Å²) in [6.45, 7) is -0.337. The Labute approximate surface area is 168 Å². The van der Waals surface area contributed by atoms with E-state index in [1.807, 2.05) is 6.08 Å². The molecule has 3 heteroatoms. The first-order chi connectivity index (χ1) is 13.7. The topological polar surface area (TPSA) is 0 Å². The second kappa shape index (κ2) is 11.1. The highest BCUT2D eigenvalue weighted by Gasteiger charge is 2.30. The van der Waals surface area contributed by atoms with Gasteiger partial charge in [0.05, 0.1) is 0 Å². The minimum absolute atomic E-state index is 0.337. The third-order valence-electron chi connectivity index (χ3n) is 7.27. The van der Waals surface area contributed by atoms with Gasteiger partial charge in [-0.1, -0.05) is 43.9 Å². The second-order valence-corrected chi connectivity index (χ2v) is 9.05. The number of allylic oxidation sites excluding steroid dienone is 2. The Bertz CT molecular complexity index is 608. The van der Waals surface area contributed by atoms with Gasteiger partial charge in [0.15, 0.2) is 11.6 Å². The van der Waals surface area contributed by atoms with Gasteiger partial charge in [0, 0.05) is 0 Å². The molecule has 0 aromatic heterocycles. The standard InChI is InChI=1S/C25H35F3/c26-17-3-1-2-4-19-7-12-22(13-8-19)23-14-9-20(10-15-23)5-6-21-11-16-24(27)25(28)18-21/h1,3,11,16,18-20,22-23H,2,4-10,12-15,17H2/b3-1+. The van der Waals surface area contributed by atoms with Gasteiger partial charge in [-0.3, -0.25) is 0 Å². The minimum atomic E-state index is -0.754. The van der Waals surface area contributed by atoms with E-state index in [0.29, 0.717) is 0 Å². The Balaban J connectivity index is 1.33. The normalized spacial score (nSPS) is 28.7. The molecule has 1 aromatic rings. The fraction of sp³-hybridized carbons (Fsp3) is 0.680. The van der Waals surface area contributed by atoms with Crippen molar-refractivity contribution in [2.45, 2.75) is 77.0 Å². The smallest absolute Gasteiger partial charge is 0.159 e. The van der Waals surface area contributed by atoms with Crippen LogP contribution in [0.4, 0.5) is 13.2 Å². The van der Waals surface area contributed by atoms with E-state index >= 15 is 0 Å². The Morgan fingerprint density at radius 2 is 1.36 bits per heavy atom. The molecule has 0 aliphatic heterocycles. The first-order valence-electron chi connectivity index (χ1n) is 11.3. The molecule has 3 rings (SSSR count). The summed E-state index contributed by atoms with van der Waals surface area (Å²) in [6.07, 6.45) is 18.6. The zero-order chi connectivity index (χ0) is 19.8. The van der Waals surface area contributed by atoms with E-state index < -0.39 is 11.6 Å². The zero-order valence-electron chi connectivity index (χ0n) is 17.0. The van der Waals surface area contributed by atoms with Gasteiger partial charge < -0.3 is 0 Å². The van der Waals surface area contributed by atoms with Gasteiger partial charge >= 0.3 is 0 Å². The average molecular weight is 393 g/mol. The van der Waals surface area contributed by atoms with Gasteiger partial charge in [-0.2, -0.15) is 0 Å². The van der Waals surface area contributed by atoms with Crippen molar-refractivity contribution in [1.29, 1.82) is 0 Å². The maximum Gasteiger partial charge on any atom is 0.159 e. The summed E-state index contributed by atoms with van der Waals surface area (Å²) in [5, 5.41) is 0. The Kier molecular flexibility index (Phi) is 8.48. The van der Waals surface area contributed by atoms with Gasteiger partial charge in [-0.25, -0.2) is 13.2 Å². The van der Waals surface area contributed by atoms with Crippen LogP contribution in [0.3, 0.4) is 0 Å². The number of halogens is 3. The molecular formula is C25H35F3. The van der Waals surface area contributed by atoms with Crippen molar-refractivity contribution in [3.63, 3.8) is 0 Å². The molecule has 0 heterocycles. The maximum atomic E-state index is 13.3. The molecule has 0 bridgehead atoms. The van der Waals surface area contributed by atoms with Crippen molar-refractivity contribution in [2.75, 3.05) is 6.67 Å². The number of aryl methyl sites for hydroxylation is 1. The molecule has 156 valence electrons. The highest BCUT2D eigenvalue weighted by molar-refractivity contribution is 5.17. The van der Waals surface area contributed by atoms with E-state index in [-0.39, 0.29) is 6.67 Å². The van der Waals surface area contributed by atoms with Gasteiger partial charge in [-0.15, -0.1) is 0 Å². The van der Waals surface area contributed by atoms with Gasteiger partial charge in [0.25, 0.3) is 0 Å². The van der Waals surface area contributed by atoms with Crippen molar-refractivity contribution in [3.05, 3.63) is 47.5 Å². The number of alkyl halides is 1. The van der Waals surface area contributed by atoms with E-state index in [1.165, 1.54) is 69.9 Å². The van der Waals surface area contributed by atoms with Crippen LogP contribution in [0.25, 0.3) is 0 Å². The summed E-state index contributed by atoms with van der Waals surface area (Å²) < 4.78 is 38.5. The number of hydrogen-bond acceptors (Lipinski definition) is 0. The van der Waals surface area contributed by atoms with Gasteiger partial charge in [0.2, 0.25) is 0 Å². The molecule has 0 radical (unpaired) electrons. The summed E-state index contributed by atoms with van der Waals surface area (Å²) >= 11 is 0. The minimum Gasteiger partial charge on any atom is -0.247 e. The van der Waals surface area contributed by atoms with Crippen LogP contribution in [0.2, 0.25) is 0 Å². The van der Waals surface area contributed by atoms with E-state index in [9.17, 15) is 13.2 Å². The van der Waals surface area contributed by atoms with E-state index in [1.54, 1.807) is 12.1 Å². The van der Waals surface area contributed by atoms with Crippen LogP contribution >= 0.6 is 0 Å². The molecule has 0 unspecified atom stereocenters. The van der Waals surface area contributed by atoms with Crippen LogP contribution < -0.4 is 0 Å². The van der Waals surface area contributed by atoms with Crippen molar-refractivity contribution in [3.8, 4) is 0 Å². The first kappa shape index (κ1) is 21.5. The molecule has 0 N–H and O–H groups in total. The molecule has 0 atom stereocenters. The molecule has 28 heavy (non-hydrogen) atoms. The summed E-state index contributed by atoms with van der Waals surface area (Å²) in [5.41, 5.74) is 0.917. The Morgan fingerprint density at radius 1 is 0.750 bits per heavy atom. The molecule has 0 nitrogen and oxygen atoms in total. The highest BCUT2D eigenvalue weighted by atomic mass is 19.2. The highest BCUT2D eigenvalue weighted by Crippen LogP contribution is 2.43. The molecule has 2 aliphatic carbocycles. The molecule has 2 saturated carbocycles. The largest absolute Gasteiger partial charge is 0.247 e. The zero-order valence-corrected chi connectivity index (χ0v) is 17.0. The van der Waals surface area contributed by atoms with Crippen molar-refractivity contribution >= 4 is 0 Å². The number of hydrogen-bond donors (Lipinski definition) is 0. The maximum absolute atomic E-state index is 13.3. The lowest BCUT2D eigenvalue weighted by Crippen LogP contribution is -2.26. The van der Waals surface area contributed by atoms with Crippen LogP contribution in [0, 0.1) is 35.3 Å². The number of benzene rings is 1. The third-order valence-corrected chi connectivity index (χ3v) is 7.27. The summed E-state index contributed by atoms with van der Waals surface area (Å²) in [7, 11) is 0. The summed E-state index contributed by atoms with van der Waals surface area (Å²) in [5.74, 6) is 1.90. The second-order valence-electron chi connectivity index (χ2n) is 9.05. The lowest BCUT2D eigenvalue weighted by Gasteiger charge is -2.38. The molecule has 2 fully saturated rings. The van der Waals surface area contributed by atoms with Crippen LogP contribution in [0.15, 0.2) is 30.4 Å². The van der Waals surface area contributed by atoms with Crippen molar-refractivity contribution in [2.24, 2.45) is 23.7 Å². The molecule has 0 amide bonds. The van der Waals surface area contributed by atoms with E-state index in [2.05, 4.69) is 0 Å². The van der Waals surface area contributed by atoms with Gasteiger partial charge in [-0.05, 0) is 92.7 Å². The van der Waals surface area contributed by atoms with E-state index in [4.69, 9.17) is 0 Å². The van der Waals surface area contributed by atoms with Crippen molar-refractivity contribution < 1.29 is 13.2 Å². The van der Waals surface area contributed by atoms with Crippen LogP contribution in [-0.4, -0.2) is 6.67 Å². The first-order valence-corrected chi connectivity index (χ1v) is 11.3. The lowest BCUT2D eigenvalue weighted by atomic mass is 9.68. The third kappa shape index (κ3) is 6.39. The predicted octanol–water partition coefficient (Wildman–Crippen LogP) is 7.82. The lowest BCUT2D eigenvalue weighted by molar-refractivity contribution is 0.141.